The number of nitrogens with one attached hydrogen (secondary N) is 1. The Labute approximate surface area is 95.2 Å². The van der Waals surface area contributed by atoms with Gasteiger partial charge in [-0.3, -0.25) is 15.2 Å². The zero-order chi connectivity index (χ0) is 11.4. The van der Waals surface area contributed by atoms with E-state index in [-0.39, 0.29) is 10.6 Å². The van der Waals surface area contributed by atoms with Gasteiger partial charge < -0.3 is 0 Å². The van der Waals surface area contributed by atoms with Crippen LogP contribution < -0.4 is 0 Å². The molecule has 82 valence electrons. The summed E-state index contributed by atoms with van der Waals surface area (Å²) in [5.74, 6) is 0.492. The van der Waals surface area contributed by atoms with Gasteiger partial charge in [-0.1, -0.05) is 30.0 Å². The summed E-state index contributed by atoms with van der Waals surface area (Å²) in [5.41, 5.74) is 0.809. The van der Waals surface area contributed by atoms with Gasteiger partial charge in [-0.25, -0.2) is 4.98 Å². The molecule has 0 fully saturated rings. The van der Waals surface area contributed by atoms with Gasteiger partial charge in [0.2, 0.25) is 0 Å². The second-order valence-electron chi connectivity index (χ2n) is 2.97. The lowest BCUT2D eigenvalue weighted by Crippen LogP contribution is -1.93. The Morgan fingerprint density at radius 1 is 1.44 bits per heavy atom. The normalized spacial score (nSPS) is 10.2. The molecule has 7 heteroatoms. The van der Waals surface area contributed by atoms with Crippen LogP contribution in [0.2, 0.25) is 0 Å². The molecule has 1 aromatic heterocycles. The van der Waals surface area contributed by atoms with Crippen molar-refractivity contribution in [2.75, 3.05) is 0 Å². The highest BCUT2D eigenvalue weighted by Crippen LogP contribution is 2.25. The molecule has 0 radical (unpaired) electrons. The molecule has 0 saturated carbocycles. The summed E-state index contributed by atoms with van der Waals surface area (Å²) in [5, 5.41) is 17.8. The van der Waals surface area contributed by atoms with E-state index >= 15 is 0 Å². The number of para-hydroxylation sites is 1. The molecule has 1 N–H and O–H groups in total. The van der Waals surface area contributed by atoms with Gasteiger partial charge in [-0.05, 0) is 0 Å². The van der Waals surface area contributed by atoms with E-state index in [2.05, 4.69) is 15.2 Å². The highest BCUT2D eigenvalue weighted by Gasteiger charge is 2.12. The molecule has 0 unspecified atom stereocenters. The number of H-pyrrole nitrogens is 1. The predicted octanol–water partition coefficient (Wildman–Crippen LogP) is 2.01. The lowest BCUT2D eigenvalue weighted by molar-refractivity contribution is -0.385. The summed E-state index contributed by atoms with van der Waals surface area (Å²) < 4.78 is 0. The molecule has 1 heterocycles. The van der Waals surface area contributed by atoms with E-state index in [1.807, 2.05) is 0 Å². The van der Waals surface area contributed by atoms with Crippen molar-refractivity contribution >= 4 is 17.4 Å². The Balaban J connectivity index is 2.12. The average molecular weight is 236 g/mol. The number of aromatic nitrogens is 3. The Morgan fingerprint density at radius 2 is 2.25 bits per heavy atom. The number of nitro benzene ring substituents is 1. The molecule has 2 aromatic rings. The lowest BCUT2D eigenvalue weighted by atomic mass is 10.2. The number of thioether (sulfide) groups is 1. The molecule has 0 spiro atoms. The zero-order valence-electron chi connectivity index (χ0n) is 8.16. The average Bonchev–Trinajstić information content (AvgIpc) is 2.79. The van der Waals surface area contributed by atoms with Crippen LogP contribution in [0, 0.1) is 10.1 Å². The lowest BCUT2D eigenvalue weighted by Gasteiger charge is -2.00. The maximum atomic E-state index is 10.7. The van der Waals surface area contributed by atoms with Crippen LogP contribution in [0.4, 0.5) is 5.69 Å². The number of hydrogen-bond acceptors (Lipinski definition) is 5. The summed E-state index contributed by atoms with van der Waals surface area (Å²) in [6.45, 7) is 0. The van der Waals surface area contributed by atoms with Crippen molar-refractivity contribution in [3.63, 3.8) is 0 Å². The summed E-state index contributed by atoms with van der Waals surface area (Å²) in [6.07, 6.45) is 1.40. The van der Waals surface area contributed by atoms with Gasteiger partial charge in [0.15, 0.2) is 5.16 Å². The number of aromatic amines is 1. The molecule has 0 bridgehead atoms. The number of nitrogens with zero attached hydrogens (tertiary/aromatic N) is 3. The Bertz CT molecular complexity index is 486. The van der Waals surface area contributed by atoms with Gasteiger partial charge in [0.1, 0.15) is 6.33 Å². The van der Waals surface area contributed by atoms with E-state index in [9.17, 15) is 10.1 Å². The Hall–Kier alpha value is -1.89. The number of rotatable bonds is 4. The minimum absolute atomic E-state index is 0.134. The Morgan fingerprint density at radius 3 is 2.94 bits per heavy atom. The van der Waals surface area contributed by atoms with E-state index in [0.29, 0.717) is 16.5 Å². The molecule has 6 nitrogen and oxygen atoms in total. The third kappa shape index (κ3) is 2.37. The van der Waals surface area contributed by atoms with E-state index in [4.69, 9.17) is 0 Å². The predicted molar refractivity (Wildman–Crippen MR) is 59.0 cm³/mol. The van der Waals surface area contributed by atoms with Crippen molar-refractivity contribution in [3.8, 4) is 0 Å². The third-order valence-corrected chi connectivity index (χ3v) is 2.87. The van der Waals surface area contributed by atoms with Gasteiger partial charge in [-0.2, -0.15) is 5.10 Å². The molecule has 0 aliphatic carbocycles. The molecule has 1 aromatic carbocycles. The van der Waals surface area contributed by atoms with Crippen LogP contribution in [0.1, 0.15) is 5.56 Å². The van der Waals surface area contributed by atoms with Crippen molar-refractivity contribution in [2.24, 2.45) is 0 Å². The number of benzene rings is 1. The fraction of sp³-hybridized carbons (Fsp3) is 0.111. The maximum Gasteiger partial charge on any atom is 0.273 e. The largest absolute Gasteiger partial charge is 0.273 e. The summed E-state index contributed by atoms with van der Waals surface area (Å²) in [6, 6.07) is 6.67. The number of hydrogen-bond donors (Lipinski definition) is 1. The maximum absolute atomic E-state index is 10.7. The van der Waals surface area contributed by atoms with E-state index < -0.39 is 0 Å². The topological polar surface area (TPSA) is 84.7 Å². The molecule has 0 saturated heterocycles. The van der Waals surface area contributed by atoms with E-state index in [0.717, 1.165) is 0 Å². The van der Waals surface area contributed by atoms with Crippen LogP contribution in [0.5, 0.6) is 0 Å². The van der Waals surface area contributed by atoms with Gasteiger partial charge in [0, 0.05) is 17.4 Å². The second kappa shape index (κ2) is 4.75. The van der Waals surface area contributed by atoms with Gasteiger partial charge in [0.25, 0.3) is 5.69 Å². The first kappa shape index (κ1) is 10.6. The SMILES string of the molecule is O=[N+]([O-])c1ccccc1CSc1ncn[nH]1. The summed E-state index contributed by atoms with van der Waals surface area (Å²) in [4.78, 5) is 14.3. The van der Waals surface area contributed by atoms with Crippen LogP contribution in [-0.2, 0) is 5.75 Å². The fourth-order valence-corrected chi connectivity index (χ4v) is 2.00. The van der Waals surface area contributed by atoms with Gasteiger partial charge >= 0.3 is 0 Å². The van der Waals surface area contributed by atoms with Gasteiger partial charge in [-0.15, -0.1) is 0 Å². The van der Waals surface area contributed by atoms with Crippen molar-refractivity contribution < 1.29 is 4.92 Å². The van der Waals surface area contributed by atoms with Crippen molar-refractivity contribution in [1.29, 1.82) is 0 Å². The van der Waals surface area contributed by atoms with Crippen LogP contribution >= 0.6 is 11.8 Å². The van der Waals surface area contributed by atoms with E-state index in [1.165, 1.54) is 24.2 Å². The highest BCUT2D eigenvalue weighted by molar-refractivity contribution is 7.98. The molecule has 0 atom stereocenters. The molecule has 2 rings (SSSR count). The first-order valence-corrected chi connectivity index (χ1v) is 5.46. The van der Waals surface area contributed by atoms with Crippen molar-refractivity contribution in [1.82, 2.24) is 15.2 Å². The molecule has 0 amide bonds. The first-order chi connectivity index (χ1) is 7.77. The van der Waals surface area contributed by atoms with Crippen molar-refractivity contribution in [3.05, 3.63) is 46.3 Å². The molecule has 0 aliphatic rings. The molecular formula is C9H8N4O2S. The number of nitro groups is 1. The zero-order valence-corrected chi connectivity index (χ0v) is 8.98. The first-order valence-electron chi connectivity index (χ1n) is 4.48. The van der Waals surface area contributed by atoms with Gasteiger partial charge in [0.05, 0.1) is 4.92 Å². The minimum atomic E-state index is -0.379. The minimum Gasteiger partial charge on any atom is -0.258 e. The fourth-order valence-electron chi connectivity index (χ4n) is 1.22. The summed E-state index contributed by atoms with van der Waals surface area (Å²) in [7, 11) is 0. The summed E-state index contributed by atoms with van der Waals surface area (Å²) >= 11 is 1.38. The van der Waals surface area contributed by atoms with E-state index in [1.54, 1.807) is 18.2 Å². The monoisotopic (exact) mass is 236 g/mol. The second-order valence-corrected chi connectivity index (χ2v) is 3.93. The molecule has 16 heavy (non-hydrogen) atoms. The highest BCUT2D eigenvalue weighted by atomic mass is 32.2. The van der Waals surface area contributed by atoms with Crippen LogP contribution in [-0.4, -0.2) is 20.1 Å². The standard InChI is InChI=1S/C9H8N4O2S/c14-13(15)8-4-2-1-3-7(8)5-16-9-10-6-11-12-9/h1-4,6H,5H2,(H,10,11,12). The van der Waals surface area contributed by atoms with Crippen LogP contribution in [0.15, 0.2) is 35.7 Å². The van der Waals surface area contributed by atoms with Crippen LogP contribution in [0.3, 0.4) is 0 Å². The quantitative estimate of drug-likeness (QED) is 0.498. The molecular weight excluding hydrogens is 228 g/mol. The third-order valence-electron chi connectivity index (χ3n) is 1.95. The Kier molecular flexibility index (Phi) is 3.16. The van der Waals surface area contributed by atoms with Crippen LogP contribution in [0.25, 0.3) is 0 Å². The molecule has 0 aliphatic heterocycles. The van der Waals surface area contributed by atoms with Crippen molar-refractivity contribution in [2.45, 2.75) is 10.9 Å². The smallest absolute Gasteiger partial charge is 0.258 e.